The Hall–Kier alpha value is -3.06. The van der Waals surface area contributed by atoms with Crippen LogP contribution in [0.3, 0.4) is 0 Å². The van der Waals surface area contributed by atoms with Crippen molar-refractivity contribution in [3.05, 3.63) is 63.9 Å². The van der Waals surface area contributed by atoms with Gasteiger partial charge in [0.25, 0.3) is 0 Å². The number of fused-ring (bicyclic) bond motifs is 2. The first-order valence-electron chi connectivity index (χ1n) is 6.26. The van der Waals surface area contributed by atoms with Crippen molar-refractivity contribution >= 4 is 22.9 Å². The number of hydrogen-bond donors (Lipinski definition) is 0. The highest BCUT2D eigenvalue weighted by molar-refractivity contribution is 5.99. The Bertz CT molecular complexity index is 909. The van der Waals surface area contributed by atoms with E-state index in [9.17, 15) is 10.5 Å². The van der Waals surface area contributed by atoms with Crippen LogP contribution in [0.2, 0.25) is 0 Å². The second-order valence-electron chi connectivity index (χ2n) is 4.69. The average Bonchev–Trinajstić information content (AvgIpc) is 2.70. The van der Waals surface area contributed by atoms with Crippen LogP contribution in [0.5, 0.6) is 0 Å². The van der Waals surface area contributed by atoms with Gasteiger partial charge in [-0.05, 0) is 19.1 Å². The van der Waals surface area contributed by atoms with Crippen LogP contribution in [0.4, 0.5) is 0 Å². The third-order valence-electron chi connectivity index (χ3n) is 3.45. The molecule has 0 atom stereocenters. The van der Waals surface area contributed by atoms with Crippen molar-refractivity contribution in [2.24, 2.45) is 0 Å². The van der Waals surface area contributed by atoms with Crippen LogP contribution in [0.25, 0.3) is 22.9 Å². The summed E-state index contributed by atoms with van der Waals surface area (Å²) in [6, 6.07) is 10.4. The minimum atomic E-state index is 0.602. The fraction of sp³-hybridized carbons (Fsp3) is 0.0556. The summed E-state index contributed by atoms with van der Waals surface area (Å²) in [6.07, 6.45) is 7.25. The van der Waals surface area contributed by atoms with Crippen LogP contribution >= 0.6 is 0 Å². The maximum atomic E-state index is 9.52. The predicted octanol–water partition coefficient (Wildman–Crippen LogP) is 4.09. The van der Waals surface area contributed by atoms with Gasteiger partial charge in [0, 0.05) is 21.9 Å². The van der Waals surface area contributed by atoms with Crippen LogP contribution in [0, 0.1) is 29.6 Å². The molecule has 2 aromatic carbocycles. The van der Waals surface area contributed by atoms with E-state index in [0.29, 0.717) is 11.1 Å². The van der Waals surface area contributed by atoms with Gasteiger partial charge in [-0.25, -0.2) is 0 Å². The molecule has 0 aromatic heterocycles. The van der Waals surface area contributed by atoms with Crippen molar-refractivity contribution in [2.75, 3.05) is 0 Å². The lowest BCUT2D eigenvalue weighted by Gasteiger charge is -2.11. The van der Waals surface area contributed by atoms with Crippen molar-refractivity contribution in [2.45, 2.75) is 6.92 Å². The van der Waals surface area contributed by atoms with Gasteiger partial charge in [0.05, 0.1) is 11.1 Å². The highest BCUT2D eigenvalue weighted by Crippen LogP contribution is 2.33. The molecule has 0 fully saturated rings. The Labute approximate surface area is 117 Å². The standard InChI is InChI=1S/C18H10N2/c1-12-7-8-15-16(9-12)18(11-20)14-6-4-2-3-5-13(14)17(15)10-19/h2-3,5-9H,1H3. The molecule has 1 aliphatic rings. The molecule has 20 heavy (non-hydrogen) atoms. The predicted molar refractivity (Wildman–Crippen MR) is 79.7 cm³/mol. The van der Waals surface area contributed by atoms with Gasteiger partial charge < -0.3 is 0 Å². The van der Waals surface area contributed by atoms with Gasteiger partial charge in [0.15, 0.2) is 0 Å². The molecular formula is C18H10N2. The molecule has 0 aliphatic heterocycles. The minimum Gasteiger partial charge on any atom is -0.192 e. The number of nitriles is 2. The fourth-order valence-electron chi connectivity index (χ4n) is 2.54. The third kappa shape index (κ3) is 1.65. The van der Waals surface area contributed by atoms with E-state index in [1.807, 2.05) is 37.3 Å². The van der Waals surface area contributed by atoms with Crippen LogP contribution in [0.15, 0.2) is 36.1 Å². The zero-order valence-corrected chi connectivity index (χ0v) is 10.9. The first kappa shape index (κ1) is 12.0. The molecule has 1 aliphatic carbocycles. The smallest absolute Gasteiger partial charge is 0.100 e. The zero-order valence-electron chi connectivity index (χ0n) is 10.9. The molecule has 0 saturated carbocycles. The molecule has 0 amide bonds. The topological polar surface area (TPSA) is 47.6 Å². The highest BCUT2D eigenvalue weighted by Gasteiger charge is 2.16. The second kappa shape index (κ2) is 4.56. The summed E-state index contributed by atoms with van der Waals surface area (Å²) in [5, 5.41) is 20.7. The molecular weight excluding hydrogens is 244 g/mol. The lowest BCUT2D eigenvalue weighted by Crippen LogP contribution is -1.96. The Morgan fingerprint density at radius 2 is 1.75 bits per heavy atom. The minimum absolute atomic E-state index is 0.602. The Balaban J connectivity index is 2.63. The summed E-state index contributed by atoms with van der Waals surface area (Å²) in [5.74, 6) is 0. The van der Waals surface area contributed by atoms with Crippen LogP contribution in [-0.4, -0.2) is 0 Å². The van der Waals surface area contributed by atoms with Gasteiger partial charge >= 0.3 is 0 Å². The van der Waals surface area contributed by atoms with E-state index in [0.717, 1.165) is 27.5 Å². The number of allylic oxidation sites excluding steroid dienone is 2. The van der Waals surface area contributed by atoms with Crippen LogP contribution in [0.1, 0.15) is 27.8 Å². The third-order valence-corrected chi connectivity index (χ3v) is 3.45. The maximum absolute atomic E-state index is 9.52. The fourth-order valence-corrected chi connectivity index (χ4v) is 2.54. The summed E-state index contributed by atoms with van der Waals surface area (Å²) >= 11 is 0. The summed E-state index contributed by atoms with van der Waals surface area (Å²) in [5.41, 5.74) is 6.86. The molecule has 2 nitrogen and oxygen atoms in total. The van der Waals surface area contributed by atoms with Crippen molar-refractivity contribution in [3.8, 4) is 12.1 Å². The first-order valence-corrected chi connectivity index (χ1v) is 6.26. The Morgan fingerprint density at radius 3 is 2.50 bits per heavy atom. The van der Waals surface area contributed by atoms with Gasteiger partial charge in [0.1, 0.15) is 12.1 Å². The Kier molecular flexibility index (Phi) is 2.73. The molecule has 0 spiro atoms. The van der Waals surface area contributed by atoms with E-state index in [2.05, 4.69) is 17.9 Å². The van der Waals surface area contributed by atoms with E-state index >= 15 is 0 Å². The second-order valence-corrected chi connectivity index (χ2v) is 4.69. The maximum Gasteiger partial charge on any atom is 0.100 e. The molecule has 0 radical (unpaired) electrons. The van der Waals surface area contributed by atoms with Gasteiger partial charge in [-0.3, -0.25) is 0 Å². The lowest BCUT2D eigenvalue weighted by atomic mass is 9.89. The molecule has 0 saturated heterocycles. The summed E-state index contributed by atoms with van der Waals surface area (Å²) in [7, 11) is 0. The largest absolute Gasteiger partial charge is 0.192 e. The van der Waals surface area contributed by atoms with E-state index in [4.69, 9.17) is 0 Å². The normalized spacial score (nSPS) is 11.8. The van der Waals surface area contributed by atoms with Crippen molar-refractivity contribution in [3.63, 3.8) is 0 Å². The molecule has 92 valence electrons. The van der Waals surface area contributed by atoms with E-state index in [1.54, 1.807) is 12.2 Å². The number of hydrogen-bond acceptors (Lipinski definition) is 2. The summed E-state index contributed by atoms with van der Waals surface area (Å²) in [6.45, 7) is 1.98. The van der Waals surface area contributed by atoms with Crippen molar-refractivity contribution in [1.29, 1.82) is 10.5 Å². The van der Waals surface area contributed by atoms with Crippen molar-refractivity contribution in [1.82, 2.24) is 0 Å². The van der Waals surface area contributed by atoms with Gasteiger partial charge in [-0.1, -0.05) is 35.9 Å². The number of nitrogens with zero attached hydrogens (tertiary/aromatic N) is 2. The molecule has 0 unspecified atom stereocenters. The lowest BCUT2D eigenvalue weighted by molar-refractivity contribution is 1.44. The Morgan fingerprint density at radius 1 is 1.00 bits per heavy atom. The molecule has 3 rings (SSSR count). The van der Waals surface area contributed by atoms with Crippen molar-refractivity contribution < 1.29 is 0 Å². The number of benzene rings is 2. The highest BCUT2D eigenvalue weighted by atomic mass is 14.3. The molecule has 2 heteroatoms. The van der Waals surface area contributed by atoms with Gasteiger partial charge in [0.2, 0.25) is 0 Å². The van der Waals surface area contributed by atoms with Gasteiger partial charge in [-0.15, -0.1) is 5.73 Å². The quantitative estimate of drug-likeness (QED) is 0.665. The van der Waals surface area contributed by atoms with E-state index < -0.39 is 0 Å². The molecule has 0 N–H and O–H groups in total. The molecule has 2 aromatic rings. The van der Waals surface area contributed by atoms with Crippen LogP contribution < -0.4 is 0 Å². The number of rotatable bonds is 0. The molecule has 0 heterocycles. The average molecular weight is 254 g/mol. The van der Waals surface area contributed by atoms with Gasteiger partial charge in [-0.2, -0.15) is 10.5 Å². The first-order chi connectivity index (χ1) is 9.76. The van der Waals surface area contributed by atoms with Crippen LogP contribution in [-0.2, 0) is 0 Å². The number of aryl methyl sites for hydroxylation is 1. The SMILES string of the molecule is Cc1ccc2c(C#N)c3c(c(C#N)c2c1)C=C=CC=C3. The molecule has 0 bridgehead atoms. The zero-order chi connectivity index (χ0) is 14.1. The summed E-state index contributed by atoms with van der Waals surface area (Å²) in [4.78, 5) is 0. The van der Waals surface area contributed by atoms with E-state index in [-0.39, 0.29) is 0 Å². The summed E-state index contributed by atoms with van der Waals surface area (Å²) < 4.78 is 0. The monoisotopic (exact) mass is 254 g/mol. The van der Waals surface area contributed by atoms with E-state index in [1.165, 1.54) is 0 Å².